The number of hydrogen-bond acceptors (Lipinski definition) is 1. The average molecular weight is 425 g/mol. The van der Waals surface area contributed by atoms with E-state index in [2.05, 4.69) is 31.9 Å². The molecule has 3 aromatic rings. The molecule has 0 unspecified atom stereocenters. The third kappa shape index (κ3) is 2.78. The fourth-order valence-electron chi connectivity index (χ4n) is 2.28. The van der Waals surface area contributed by atoms with Gasteiger partial charge >= 0.3 is 0 Å². The summed E-state index contributed by atoms with van der Waals surface area (Å²) in [6.07, 6.45) is 0. The molecule has 0 bridgehead atoms. The summed E-state index contributed by atoms with van der Waals surface area (Å²) in [5.74, 6) is -0.0257. The number of ketones is 1. The van der Waals surface area contributed by atoms with Crippen LogP contribution in [0.4, 0.5) is 0 Å². The second kappa shape index (κ2) is 5.91. The lowest BCUT2D eigenvalue weighted by atomic mass is 9.97. The van der Waals surface area contributed by atoms with Gasteiger partial charge < -0.3 is 0 Å². The lowest BCUT2D eigenvalue weighted by molar-refractivity contribution is 0.103. The number of carbonyl (C=O) groups is 1. The molecule has 4 heteroatoms. The highest BCUT2D eigenvalue weighted by atomic mass is 79.9. The Hall–Kier alpha value is -1.16. The Balaban J connectivity index is 2.21. The van der Waals surface area contributed by atoms with E-state index >= 15 is 0 Å². The highest BCUT2D eigenvalue weighted by molar-refractivity contribution is 9.11. The maximum atomic E-state index is 12.8. The second-order valence-electron chi connectivity index (χ2n) is 4.59. The first-order chi connectivity index (χ1) is 10.1. The fourth-order valence-corrected chi connectivity index (χ4v) is 3.73. The van der Waals surface area contributed by atoms with Crippen LogP contribution in [0, 0.1) is 0 Å². The number of rotatable bonds is 2. The topological polar surface area (TPSA) is 17.1 Å². The van der Waals surface area contributed by atoms with Gasteiger partial charge in [0.25, 0.3) is 0 Å². The van der Waals surface area contributed by atoms with Gasteiger partial charge in [-0.2, -0.15) is 0 Å². The van der Waals surface area contributed by atoms with Crippen LogP contribution in [0.3, 0.4) is 0 Å². The first-order valence-electron chi connectivity index (χ1n) is 6.25. The number of halogens is 3. The summed E-state index contributed by atoms with van der Waals surface area (Å²) in [7, 11) is 0. The number of hydrogen-bond donors (Lipinski definition) is 0. The summed E-state index contributed by atoms with van der Waals surface area (Å²) < 4.78 is 1.69. The van der Waals surface area contributed by atoms with Gasteiger partial charge in [0, 0.05) is 30.5 Å². The Morgan fingerprint density at radius 1 is 0.857 bits per heavy atom. The van der Waals surface area contributed by atoms with Crippen molar-refractivity contribution in [3.63, 3.8) is 0 Å². The molecule has 3 rings (SSSR count). The van der Waals surface area contributed by atoms with Gasteiger partial charge in [0.1, 0.15) is 0 Å². The van der Waals surface area contributed by atoms with E-state index < -0.39 is 0 Å². The van der Waals surface area contributed by atoms with E-state index in [4.69, 9.17) is 11.6 Å². The Labute approximate surface area is 144 Å². The maximum Gasteiger partial charge on any atom is 0.194 e. The van der Waals surface area contributed by atoms with Crippen LogP contribution in [-0.4, -0.2) is 5.78 Å². The lowest BCUT2D eigenvalue weighted by Gasteiger charge is -2.09. The second-order valence-corrected chi connectivity index (χ2v) is 6.77. The van der Waals surface area contributed by atoms with E-state index in [0.29, 0.717) is 16.1 Å². The third-order valence-electron chi connectivity index (χ3n) is 3.29. The van der Waals surface area contributed by atoms with Gasteiger partial charge in [0.2, 0.25) is 0 Å². The van der Waals surface area contributed by atoms with Gasteiger partial charge in [0.15, 0.2) is 5.78 Å². The number of benzene rings is 3. The summed E-state index contributed by atoms with van der Waals surface area (Å²) in [6, 6.07) is 16.7. The van der Waals surface area contributed by atoms with E-state index in [-0.39, 0.29) is 5.78 Å². The van der Waals surface area contributed by atoms with Crippen LogP contribution in [0.2, 0.25) is 5.02 Å². The van der Waals surface area contributed by atoms with E-state index in [1.807, 2.05) is 36.4 Å². The van der Waals surface area contributed by atoms with Gasteiger partial charge in [-0.05, 0) is 51.6 Å². The minimum absolute atomic E-state index is 0.0257. The molecule has 0 aliphatic carbocycles. The van der Waals surface area contributed by atoms with Crippen LogP contribution in [0.15, 0.2) is 63.5 Å². The SMILES string of the molecule is O=C(c1ccc(Br)cc1Br)c1ccc(Cl)c2ccccc12. The molecule has 0 amide bonds. The molecule has 21 heavy (non-hydrogen) atoms. The Morgan fingerprint density at radius 3 is 2.24 bits per heavy atom. The summed E-state index contributed by atoms with van der Waals surface area (Å²) >= 11 is 13.0. The summed E-state index contributed by atoms with van der Waals surface area (Å²) in [5, 5.41) is 2.40. The van der Waals surface area contributed by atoms with E-state index in [1.165, 1.54) is 0 Å². The molecule has 0 spiro atoms. The molecule has 0 aliphatic heterocycles. The molecule has 0 saturated heterocycles. The quantitative estimate of drug-likeness (QED) is 0.445. The molecule has 0 aliphatic rings. The zero-order chi connectivity index (χ0) is 15.0. The molecular formula is C17H9Br2ClO. The number of carbonyl (C=O) groups excluding carboxylic acids is 1. The molecule has 0 heterocycles. The van der Waals surface area contributed by atoms with Gasteiger partial charge in [-0.3, -0.25) is 4.79 Å². The van der Waals surface area contributed by atoms with E-state index in [1.54, 1.807) is 18.2 Å². The lowest BCUT2D eigenvalue weighted by Crippen LogP contribution is -2.03. The molecule has 0 saturated carbocycles. The van der Waals surface area contributed by atoms with Crippen molar-refractivity contribution in [3.8, 4) is 0 Å². The normalized spacial score (nSPS) is 10.8. The zero-order valence-electron chi connectivity index (χ0n) is 10.7. The van der Waals surface area contributed by atoms with Crippen molar-refractivity contribution in [3.05, 3.63) is 79.7 Å². The van der Waals surface area contributed by atoms with Crippen molar-refractivity contribution >= 4 is 60.0 Å². The predicted molar refractivity (Wildman–Crippen MR) is 94.2 cm³/mol. The Bertz CT molecular complexity index is 859. The molecule has 1 nitrogen and oxygen atoms in total. The Kier molecular flexibility index (Phi) is 4.16. The van der Waals surface area contributed by atoms with Crippen molar-refractivity contribution in [2.24, 2.45) is 0 Å². The van der Waals surface area contributed by atoms with Crippen molar-refractivity contribution in [1.29, 1.82) is 0 Å². The predicted octanol–water partition coefficient (Wildman–Crippen LogP) is 6.25. The summed E-state index contributed by atoms with van der Waals surface area (Å²) in [5.41, 5.74) is 1.28. The summed E-state index contributed by atoms with van der Waals surface area (Å²) in [6.45, 7) is 0. The largest absolute Gasteiger partial charge is 0.289 e. The van der Waals surface area contributed by atoms with Crippen LogP contribution in [-0.2, 0) is 0 Å². The molecule has 0 aromatic heterocycles. The molecule has 0 fully saturated rings. The fraction of sp³-hybridized carbons (Fsp3) is 0. The zero-order valence-corrected chi connectivity index (χ0v) is 14.7. The molecule has 104 valence electrons. The average Bonchev–Trinajstić information content (AvgIpc) is 2.47. The molecule has 3 aromatic carbocycles. The van der Waals surface area contributed by atoms with Gasteiger partial charge in [-0.25, -0.2) is 0 Å². The first-order valence-corrected chi connectivity index (χ1v) is 8.21. The smallest absolute Gasteiger partial charge is 0.194 e. The third-order valence-corrected chi connectivity index (χ3v) is 4.77. The van der Waals surface area contributed by atoms with Crippen LogP contribution >= 0.6 is 43.5 Å². The van der Waals surface area contributed by atoms with E-state index in [9.17, 15) is 4.79 Å². The first kappa shape index (κ1) is 14.8. The van der Waals surface area contributed by atoms with E-state index in [0.717, 1.165) is 19.7 Å². The Morgan fingerprint density at radius 2 is 1.52 bits per heavy atom. The molecule has 0 radical (unpaired) electrons. The van der Waals surface area contributed by atoms with Gasteiger partial charge in [0.05, 0.1) is 0 Å². The standard InChI is InChI=1S/C17H9Br2ClO/c18-10-5-6-14(15(19)9-10)17(21)13-7-8-16(20)12-4-2-1-3-11(12)13/h1-9H. The van der Waals surface area contributed by atoms with Crippen LogP contribution in [0.5, 0.6) is 0 Å². The van der Waals surface area contributed by atoms with Gasteiger partial charge in [-0.1, -0.05) is 51.8 Å². The minimum atomic E-state index is -0.0257. The minimum Gasteiger partial charge on any atom is -0.289 e. The molecule has 0 atom stereocenters. The monoisotopic (exact) mass is 422 g/mol. The molecule has 0 N–H and O–H groups in total. The van der Waals surface area contributed by atoms with Crippen LogP contribution in [0.1, 0.15) is 15.9 Å². The highest BCUT2D eigenvalue weighted by Gasteiger charge is 2.16. The maximum absolute atomic E-state index is 12.8. The van der Waals surface area contributed by atoms with Crippen molar-refractivity contribution in [2.75, 3.05) is 0 Å². The van der Waals surface area contributed by atoms with Crippen molar-refractivity contribution in [2.45, 2.75) is 0 Å². The number of fused-ring (bicyclic) bond motifs is 1. The van der Waals surface area contributed by atoms with Crippen molar-refractivity contribution < 1.29 is 4.79 Å². The van der Waals surface area contributed by atoms with Crippen LogP contribution in [0.25, 0.3) is 10.8 Å². The highest BCUT2D eigenvalue weighted by Crippen LogP contribution is 2.30. The molecular weight excluding hydrogens is 415 g/mol. The van der Waals surface area contributed by atoms with Crippen molar-refractivity contribution in [1.82, 2.24) is 0 Å². The van der Waals surface area contributed by atoms with Crippen LogP contribution < -0.4 is 0 Å². The van der Waals surface area contributed by atoms with Gasteiger partial charge in [-0.15, -0.1) is 0 Å². The summed E-state index contributed by atoms with van der Waals surface area (Å²) in [4.78, 5) is 12.8.